The third kappa shape index (κ3) is 2.59. The van der Waals surface area contributed by atoms with E-state index in [0.717, 1.165) is 36.6 Å². The second kappa shape index (κ2) is 4.89. The molecule has 1 unspecified atom stereocenters. The number of aromatic nitrogens is 3. The first kappa shape index (κ1) is 11.4. The molecule has 5 nitrogen and oxygen atoms in total. The molecule has 0 aromatic carbocycles. The first-order valence-electron chi connectivity index (χ1n) is 5.99. The van der Waals surface area contributed by atoms with Crippen molar-refractivity contribution in [2.45, 2.75) is 25.9 Å². The van der Waals surface area contributed by atoms with Crippen LogP contribution < -0.4 is 0 Å². The Morgan fingerprint density at radius 2 is 2.44 bits per heavy atom. The predicted octanol–water partition coefficient (Wildman–Crippen LogP) is 1.69. The largest absolute Gasteiger partial charge is 0.355 e. The van der Waals surface area contributed by atoms with Crippen molar-refractivity contribution in [3.63, 3.8) is 0 Å². The van der Waals surface area contributed by atoms with Gasteiger partial charge >= 0.3 is 0 Å². The molecule has 0 spiro atoms. The molecule has 1 aliphatic rings. The summed E-state index contributed by atoms with van der Waals surface area (Å²) in [5.74, 6) is 0. The smallest absolute Gasteiger partial charge is 0.0858 e. The molecule has 94 valence electrons. The standard InChI is InChI=1S/C12H15N5S/c1-9-6-17(8-13-9)7-12-5-11(14-15-12)4-10-2-3-18-16-10/h2-3,5,8-9H,4,6-7H2,1H3,(H,14,15). The van der Waals surface area contributed by atoms with Crippen molar-refractivity contribution in [3.05, 3.63) is 34.6 Å². The molecule has 0 fully saturated rings. The molecular formula is C12H15N5S. The summed E-state index contributed by atoms with van der Waals surface area (Å²) in [5, 5.41) is 9.39. The molecule has 0 saturated carbocycles. The van der Waals surface area contributed by atoms with Gasteiger partial charge in [0, 0.05) is 18.3 Å². The molecule has 3 rings (SSSR count). The maximum atomic E-state index is 4.34. The Balaban J connectivity index is 1.61. The van der Waals surface area contributed by atoms with E-state index in [1.54, 1.807) is 0 Å². The van der Waals surface area contributed by atoms with Crippen molar-refractivity contribution in [3.8, 4) is 0 Å². The maximum absolute atomic E-state index is 4.34. The van der Waals surface area contributed by atoms with Crippen LogP contribution in [0.2, 0.25) is 0 Å². The third-order valence-electron chi connectivity index (χ3n) is 2.89. The number of aliphatic imine (C=N–C) groups is 1. The quantitative estimate of drug-likeness (QED) is 0.911. The van der Waals surface area contributed by atoms with Crippen LogP contribution in [0, 0.1) is 0 Å². The lowest BCUT2D eigenvalue weighted by atomic mass is 10.2. The Bertz CT molecular complexity index is 530. The van der Waals surface area contributed by atoms with Gasteiger partial charge in [0.2, 0.25) is 0 Å². The van der Waals surface area contributed by atoms with E-state index in [1.165, 1.54) is 11.5 Å². The summed E-state index contributed by atoms with van der Waals surface area (Å²) in [7, 11) is 0. The van der Waals surface area contributed by atoms with Crippen LogP contribution in [0.15, 0.2) is 22.5 Å². The third-order valence-corrected chi connectivity index (χ3v) is 3.49. The van der Waals surface area contributed by atoms with Gasteiger partial charge in [0.15, 0.2) is 0 Å². The van der Waals surface area contributed by atoms with Crippen LogP contribution in [-0.2, 0) is 13.0 Å². The van der Waals surface area contributed by atoms with Gasteiger partial charge in [0.1, 0.15) is 0 Å². The van der Waals surface area contributed by atoms with Gasteiger partial charge in [-0.25, -0.2) is 0 Å². The van der Waals surface area contributed by atoms with Crippen LogP contribution in [0.5, 0.6) is 0 Å². The fourth-order valence-corrected chi connectivity index (χ4v) is 2.60. The zero-order valence-electron chi connectivity index (χ0n) is 10.2. The van der Waals surface area contributed by atoms with Crippen LogP contribution in [0.4, 0.5) is 0 Å². The van der Waals surface area contributed by atoms with E-state index < -0.39 is 0 Å². The van der Waals surface area contributed by atoms with E-state index >= 15 is 0 Å². The van der Waals surface area contributed by atoms with Crippen molar-refractivity contribution in [1.29, 1.82) is 0 Å². The van der Waals surface area contributed by atoms with Crippen LogP contribution in [0.3, 0.4) is 0 Å². The molecule has 2 aromatic rings. The van der Waals surface area contributed by atoms with Crippen molar-refractivity contribution in [2.75, 3.05) is 6.54 Å². The topological polar surface area (TPSA) is 57.2 Å². The highest BCUT2D eigenvalue weighted by Gasteiger charge is 2.14. The molecule has 1 N–H and O–H groups in total. The first-order chi connectivity index (χ1) is 8.79. The van der Waals surface area contributed by atoms with Gasteiger partial charge in [-0.05, 0) is 30.6 Å². The molecule has 0 bridgehead atoms. The second-order valence-corrected chi connectivity index (χ2v) is 5.26. The van der Waals surface area contributed by atoms with Gasteiger partial charge in [0.25, 0.3) is 0 Å². The molecule has 18 heavy (non-hydrogen) atoms. The van der Waals surface area contributed by atoms with Gasteiger partial charge in [-0.2, -0.15) is 9.47 Å². The predicted molar refractivity (Wildman–Crippen MR) is 71.9 cm³/mol. The van der Waals surface area contributed by atoms with Crippen LogP contribution in [0.1, 0.15) is 24.0 Å². The highest BCUT2D eigenvalue weighted by Crippen LogP contribution is 2.11. The second-order valence-electron chi connectivity index (χ2n) is 4.60. The average molecular weight is 261 g/mol. The highest BCUT2D eigenvalue weighted by atomic mass is 32.1. The molecule has 1 atom stereocenters. The Hall–Kier alpha value is -1.69. The minimum atomic E-state index is 0.405. The lowest BCUT2D eigenvalue weighted by Crippen LogP contribution is -2.21. The monoisotopic (exact) mass is 261 g/mol. The minimum absolute atomic E-state index is 0.405. The Morgan fingerprint density at radius 1 is 1.50 bits per heavy atom. The van der Waals surface area contributed by atoms with Crippen molar-refractivity contribution in [2.24, 2.45) is 4.99 Å². The summed E-state index contributed by atoms with van der Waals surface area (Å²) in [6, 6.07) is 4.55. The highest BCUT2D eigenvalue weighted by molar-refractivity contribution is 7.03. The number of hydrogen-bond donors (Lipinski definition) is 1. The molecular weight excluding hydrogens is 246 g/mol. The molecule has 2 aromatic heterocycles. The molecule has 0 aliphatic carbocycles. The summed E-state index contributed by atoms with van der Waals surface area (Å²) in [5.41, 5.74) is 3.25. The van der Waals surface area contributed by atoms with Crippen molar-refractivity contribution >= 4 is 17.9 Å². The lowest BCUT2D eigenvalue weighted by molar-refractivity contribution is 0.428. The first-order valence-corrected chi connectivity index (χ1v) is 6.83. The van der Waals surface area contributed by atoms with Gasteiger partial charge in [-0.15, -0.1) is 0 Å². The molecule has 0 radical (unpaired) electrons. The van der Waals surface area contributed by atoms with Crippen molar-refractivity contribution < 1.29 is 0 Å². The average Bonchev–Trinajstić information content (AvgIpc) is 3.04. The molecule has 0 amide bonds. The number of hydrogen-bond acceptors (Lipinski definition) is 5. The summed E-state index contributed by atoms with van der Waals surface area (Å²) in [6.45, 7) is 3.95. The lowest BCUT2D eigenvalue weighted by Gasteiger charge is -2.12. The Kier molecular flexibility index (Phi) is 3.10. The van der Waals surface area contributed by atoms with E-state index in [-0.39, 0.29) is 0 Å². The summed E-state index contributed by atoms with van der Waals surface area (Å²) in [4.78, 5) is 6.54. The van der Waals surface area contributed by atoms with E-state index in [4.69, 9.17) is 0 Å². The van der Waals surface area contributed by atoms with Gasteiger partial charge < -0.3 is 4.90 Å². The molecule has 1 aliphatic heterocycles. The van der Waals surface area contributed by atoms with Crippen LogP contribution in [-0.4, -0.2) is 38.4 Å². The number of H-pyrrole nitrogens is 1. The number of rotatable bonds is 4. The van der Waals surface area contributed by atoms with Crippen LogP contribution >= 0.6 is 11.5 Å². The van der Waals surface area contributed by atoms with Gasteiger partial charge in [-0.1, -0.05) is 0 Å². The zero-order chi connectivity index (χ0) is 12.4. The fraction of sp³-hybridized carbons (Fsp3) is 0.417. The van der Waals surface area contributed by atoms with E-state index in [1.807, 2.05) is 17.8 Å². The van der Waals surface area contributed by atoms with Gasteiger partial charge in [-0.3, -0.25) is 10.1 Å². The Morgan fingerprint density at radius 3 is 3.17 bits per heavy atom. The zero-order valence-corrected chi connectivity index (χ0v) is 11.0. The number of aromatic amines is 1. The fourth-order valence-electron chi connectivity index (χ4n) is 2.06. The maximum Gasteiger partial charge on any atom is 0.0858 e. The van der Waals surface area contributed by atoms with Crippen molar-refractivity contribution in [1.82, 2.24) is 19.5 Å². The molecule has 6 heteroatoms. The summed E-state index contributed by atoms with van der Waals surface area (Å²) in [6.07, 6.45) is 2.72. The minimum Gasteiger partial charge on any atom is -0.355 e. The Labute approximate surface area is 110 Å². The van der Waals surface area contributed by atoms with E-state index in [9.17, 15) is 0 Å². The SMILES string of the molecule is CC1CN(Cc2cc(Cc3ccsn3)n[nH]2)C=N1. The normalized spacial score (nSPS) is 18.7. The molecule has 3 heterocycles. The number of nitrogens with zero attached hydrogens (tertiary/aromatic N) is 4. The van der Waals surface area contributed by atoms with E-state index in [0.29, 0.717) is 6.04 Å². The molecule has 0 saturated heterocycles. The summed E-state index contributed by atoms with van der Waals surface area (Å²) >= 11 is 1.48. The summed E-state index contributed by atoms with van der Waals surface area (Å²) < 4.78 is 4.29. The number of nitrogens with one attached hydrogen (secondary N) is 1. The van der Waals surface area contributed by atoms with E-state index in [2.05, 4.69) is 37.5 Å². The van der Waals surface area contributed by atoms with Gasteiger partial charge in [0.05, 0.1) is 36.0 Å². The van der Waals surface area contributed by atoms with Crippen LogP contribution in [0.25, 0.3) is 0 Å².